The van der Waals surface area contributed by atoms with E-state index >= 15 is 0 Å². The van der Waals surface area contributed by atoms with Gasteiger partial charge in [0.15, 0.2) is 5.11 Å². The quantitative estimate of drug-likeness (QED) is 0.342. The molecule has 6 nitrogen and oxygen atoms in total. The summed E-state index contributed by atoms with van der Waals surface area (Å²) in [4.78, 5) is 0. The fourth-order valence-corrected chi connectivity index (χ4v) is 1.23. The molecule has 0 aliphatic heterocycles. The highest BCUT2D eigenvalue weighted by atomic mass is 32.1. The fourth-order valence-electron chi connectivity index (χ4n) is 1.18. The van der Waals surface area contributed by atoms with E-state index in [9.17, 15) is 0 Å². The topological polar surface area (TPSA) is 81.1 Å². The maximum absolute atomic E-state index is 5.27. The molecule has 0 aliphatic carbocycles. The largest absolute Gasteiger partial charge is 0.375 e. The third-order valence-electron chi connectivity index (χ3n) is 1.96. The van der Waals surface area contributed by atoms with Gasteiger partial charge in [0, 0.05) is 0 Å². The molecule has 0 aliphatic rings. The number of thiocarbonyl (C=S) groups is 1. The minimum Gasteiger partial charge on any atom is -0.375 e. The molecule has 1 aromatic heterocycles. The van der Waals surface area contributed by atoms with Crippen LogP contribution in [-0.4, -0.2) is 25.8 Å². The number of rotatable bonds is 4. The van der Waals surface area contributed by atoms with Crippen LogP contribution in [0.3, 0.4) is 0 Å². The monoisotopic (exact) mass is 238 g/mol. The van der Waals surface area contributed by atoms with Crippen molar-refractivity contribution < 1.29 is 0 Å². The average molecular weight is 238 g/mol. The summed E-state index contributed by atoms with van der Waals surface area (Å²) < 4.78 is 1.74. The van der Waals surface area contributed by atoms with Crippen LogP contribution in [0.25, 0.3) is 0 Å². The van der Waals surface area contributed by atoms with Crippen molar-refractivity contribution in [1.29, 1.82) is 0 Å². The molecule has 0 fully saturated rings. The predicted molar refractivity (Wildman–Crippen MR) is 67.1 cm³/mol. The normalized spacial score (nSPS) is 11.2. The van der Waals surface area contributed by atoms with Crippen molar-refractivity contribution in [3.63, 3.8) is 0 Å². The first-order valence-corrected chi connectivity index (χ1v) is 5.08. The van der Waals surface area contributed by atoms with Gasteiger partial charge in [-0.1, -0.05) is 11.3 Å². The van der Waals surface area contributed by atoms with Crippen molar-refractivity contribution in [1.82, 2.24) is 20.4 Å². The van der Waals surface area contributed by atoms with Crippen molar-refractivity contribution in [2.24, 2.45) is 10.8 Å². The Balaban J connectivity index is 2.91. The first kappa shape index (κ1) is 12.3. The summed E-state index contributed by atoms with van der Waals surface area (Å²) in [5, 5.41) is 12.1. The Hall–Kier alpha value is -1.76. The number of hydrogen-bond acceptors (Lipinski definition) is 4. The maximum Gasteiger partial charge on any atom is 0.184 e. The molecule has 0 bridgehead atoms. The van der Waals surface area contributed by atoms with Gasteiger partial charge in [0.2, 0.25) is 0 Å². The number of nitrogens with one attached hydrogen (secondary N) is 1. The Morgan fingerprint density at radius 3 is 3.00 bits per heavy atom. The van der Waals surface area contributed by atoms with Gasteiger partial charge in [-0.15, -0.1) is 11.7 Å². The van der Waals surface area contributed by atoms with E-state index in [1.165, 1.54) is 0 Å². The SMILES string of the molecule is C=CCn1nnc(/C(C)=N\NC(N)=S)c1C. The second kappa shape index (κ2) is 5.36. The van der Waals surface area contributed by atoms with E-state index in [0.29, 0.717) is 18.0 Å². The van der Waals surface area contributed by atoms with Crippen LogP contribution in [0.1, 0.15) is 18.3 Å². The summed E-state index contributed by atoms with van der Waals surface area (Å²) in [6.45, 7) is 7.99. The van der Waals surface area contributed by atoms with Gasteiger partial charge in [0.05, 0.1) is 18.0 Å². The number of aromatic nitrogens is 3. The van der Waals surface area contributed by atoms with Crippen molar-refractivity contribution in [3.8, 4) is 0 Å². The summed E-state index contributed by atoms with van der Waals surface area (Å²) in [5.41, 5.74) is 10.1. The van der Waals surface area contributed by atoms with Crippen molar-refractivity contribution in [2.45, 2.75) is 20.4 Å². The van der Waals surface area contributed by atoms with Crippen LogP contribution in [0.5, 0.6) is 0 Å². The molecule has 0 radical (unpaired) electrons. The molecule has 3 N–H and O–H groups in total. The highest BCUT2D eigenvalue weighted by Crippen LogP contribution is 2.04. The minimum absolute atomic E-state index is 0.121. The van der Waals surface area contributed by atoms with Gasteiger partial charge in [-0.3, -0.25) is 5.43 Å². The first-order valence-electron chi connectivity index (χ1n) is 4.67. The summed E-state index contributed by atoms with van der Waals surface area (Å²) in [6.07, 6.45) is 1.76. The number of nitrogens with zero attached hydrogens (tertiary/aromatic N) is 4. The van der Waals surface area contributed by atoms with Gasteiger partial charge < -0.3 is 5.73 Å². The molecule has 0 spiro atoms. The summed E-state index contributed by atoms with van der Waals surface area (Å²) in [7, 11) is 0. The molecule has 1 rings (SSSR count). The second-order valence-electron chi connectivity index (χ2n) is 3.17. The lowest BCUT2D eigenvalue weighted by Gasteiger charge is -2.00. The van der Waals surface area contributed by atoms with Gasteiger partial charge in [-0.25, -0.2) is 4.68 Å². The third kappa shape index (κ3) is 2.86. The summed E-state index contributed by atoms with van der Waals surface area (Å²) >= 11 is 4.65. The molecule has 86 valence electrons. The molecule has 7 heteroatoms. The van der Waals surface area contributed by atoms with Crippen LogP contribution in [0.2, 0.25) is 0 Å². The van der Waals surface area contributed by atoms with Gasteiger partial charge in [0.25, 0.3) is 0 Å². The van der Waals surface area contributed by atoms with Crippen LogP contribution >= 0.6 is 12.2 Å². The second-order valence-corrected chi connectivity index (χ2v) is 3.61. The zero-order valence-electron chi connectivity index (χ0n) is 9.27. The van der Waals surface area contributed by atoms with E-state index in [1.54, 1.807) is 17.7 Å². The maximum atomic E-state index is 5.27. The predicted octanol–water partition coefficient (Wildman–Crippen LogP) is 0.330. The van der Waals surface area contributed by atoms with Crippen LogP contribution in [-0.2, 0) is 6.54 Å². The standard InChI is InChI=1S/C9H14N6S/c1-4-5-15-7(3)8(12-14-15)6(2)11-13-9(10)16/h4H,1,5H2,2-3H3,(H3,10,13,16)/b11-6-. The Morgan fingerprint density at radius 2 is 2.44 bits per heavy atom. The van der Waals surface area contributed by atoms with E-state index in [4.69, 9.17) is 5.73 Å². The average Bonchev–Trinajstić information content (AvgIpc) is 2.58. The Morgan fingerprint density at radius 1 is 1.75 bits per heavy atom. The van der Waals surface area contributed by atoms with E-state index in [2.05, 4.69) is 39.6 Å². The van der Waals surface area contributed by atoms with Gasteiger partial charge in [-0.05, 0) is 26.1 Å². The molecule has 0 atom stereocenters. The molecule has 0 saturated heterocycles. The smallest absolute Gasteiger partial charge is 0.184 e. The number of hydrazone groups is 1. The fraction of sp³-hybridized carbons (Fsp3) is 0.333. The lowest BCUT2D eigenvalue weighted by atomic mass is 10.2. The van der Waals surface area contributed by atoms with Crippen LogP contribution in [0.4, 0.5) is 0 Å². The summed E-state index contributed by atoms with van der Waals surface area (Å²) in [5.74, 6) is 0. The zero-order valence-corrected chi connectivity index (χ0v) is 10.1. The molecule has 0 saturated carbocycles. The van der Waals surface area contributed by atoms with E-state index in [1.807, 2.05) is 6.92 Å². The van der Waals surface area contributed by atoms with Gasteiger partial charge in [-0.2, -0.15) is 5.10 Å². The van der Waals surface area contributed by atoms with Crippen LogP contribution < -0.4 is 11.2 Å². The Bertz CT molecular complexity index is 433. The highest BCUT2D eigenvalue weighted by molar-refractivity contribution is 7.80. The zero-order chi connectivity index (χ0) is 12.1. The molecular weight excluding hydrogens is 224 g/mol. The van der Waals surface area contributed by atoms with Crippen molar-refractivity contribution in [2.75, 3.05) is 0 Å². The van der Waals surface area contributed by atoms with Crippen molar-refractivity contribution >= 4 is 23.0 Å². The number of allylic oxidation sites excluding steroid dienone is 1. The third-order valence-corrected chi connectivity index (χ3v) is 2.05. The van der Waals surface area contributed by atoms with E-state index < -0.39 is 0 Å². The molecule has 0 unspecified atom stereocenters. The molecule has 1 aromatic rings. The molecule has 0 aromatic carbocycles. The first-order chi connectivity index (χ1) is 7.56. The molecular formula is C9H14N6S. The van der Waals surface area contributed by atoms with E-state index in [0.717, 1.165) is 5.69 Å². The van der Waals surface area contributed by atoms with Gasteiger partial charge >= 0.3 is 0 Å². The lowest BCUT2D eigenvalue weighted by Crippen LogP contribution is -2.25. The number of nitrogens with two attached hydrogens (primary N) is 1. The van der Waals surface area contributed by atoms with E-state index in [-0.39, 0.29) is 5.11 Å². The Labute approximate surface area is 99.2 Å². The number of hydrogen-bond donors (Lipinski definition) is 2. The van der Waals surface area contributed by atoms with Crippen LogP contribution in [0, 0.1) is 6.92 Å². The minimum atomic E-state index is 0.121. The summed E-state index contributed by atoms with van der Waals surface area (Å²) in [6, 6.07) is 0. The lowest BCUT2D eigenvalue weighted by molar-refractivity contribution is 0.645. The molecule has 0 amide bonds. The van der Waals surface area contributed by atoms with Crippen LogP contribution in [0.15, 0.2) is 17.8 Å². The van der Waals surface area contributed by atoms with Gasteiger partial charge in [0.1, 0.15) is 5.69 Å². The molecule has 1 heterocycles. The van der Waals surface area contributed by atoms with Crippen molar-refractivity contribution in [3.05, 3.63) is 24.0 Å². The Kier molecular flexibility index (Phi) is 4.12. The highest BCUT2D eigenvalue weighted by Gasteiger charge is 2.10. The molecule has 16 heavy (non-hydrogen) atoms.